The van der Waals surface area contributed by atoms with E-state index in [0.29, 0.717) is 16.5 Å². The van der Waals surface area contributed by atoms with Crippen molar-refractivity contribution in [3.63, 3.8) is 0 Å². The fraction of sp³-hybridized carbons (Fsp3) is 0.118. The first kappa shape index (κ1) is 15.9. The molecule has 3 rings (SSSR count). The number of nitrogens with zero attached hydrogens (tertiary/aromatic N) is 4. The molecular weight excluding hydrogens is 328 g/mol. The maximum Gasteiger partial charge on any atom is 0.251 e. The topological polar surface area (TPSA) is 78.3 Å². The largest absolute Gasteiger partial charge is 0.489 e. The molecule has 1 aliphatic heterocycles. The van der Waals surface area contributed by atoms with Crippen molar-refractivity contribution in [2.24, 2.45) is 5.11 Å². The summed E-state index contributed by atoms with van der Waals surface area (Å²) in [6, 6.07) is 14.3. The van der Waals surface area contributed by atoms with Crippen molar-refractivity contribution in [2.45, 2.75) is 6.17 Å². The van der Waals surface area contributed by atoms with Crippen molar-refractivity contribution in [1.82, 2.24) is 0 Å². The van der Waals surface area contributed by atoms with Crippen molar-refractivity contribution >= 4 is 29.3 Å². The molecule has 1 heterocycles. The second-order valence-electron chi connectivity index (χ2n) is 5.06. The SMILES string of the molecule is [N-]=[N+]=NC1COc2ccccc2N1C(=O)/C=C/c1ccc(Cl)cc1. The average molecular weight is 341 g/mol. The van der Waals surface area contributed by atoms with Crippen molar-refractivity contribution in [1.29, 1.82) is 0 Å². The molecule has 1 aliphatic rings. The summed E-state index contributed by atoms with van der Waals surface area (Å²) in [5.41, 5.74) is 10.2. The molecule has 6 nitrogen and oxygen atoms in total. The van der Waals surface area contributed by atoms with E-state index in [0.717, 1.165) is 5.56 Å². The van der Waals surface area contributed by atoms with Gasteiger partial charge in [-0.2, -0.15) is 0 Å². The third kappa shape index (κ3) is 3.35. The van der Waals surface area contributed by atoms with Gasteiger partial charge in [0.15, 0.2) is 0 Å². The number of hydrogen-bond donors (Lipinski definition) is 0. The molecule has 2 aromatic rings. The minimum atomic E-state index is -0.729. The summed E-state index contributed by atoms with van der Waals surface area (Å²) >= 11 is 5.85. The van der Waals surface area contributed by atoms with E-state index in [1.165, 1.54) is 11.0 Å². The Hall–Kier alpha value is -2.95. The van der Waals surface area contributed by atoms with Crippen LogP contribution in [0.4, 0.5) is 5.69 Å². The summed E-state index contributed by atoms with van der Waals surface area (Å²) in [5.74, 6) is 0.285. The number of benzene rings is 2. The molecular formula is C17H13ClN4O2. The molecule has 1 atom stereocenters. The molecule has 2 aromatic carbocycles. The lowest BCUT2D eigenvalue weighted by Gasteiger charge is -2.33. The normalized spacial score (nSPS) is 16.2. The van der Waals surface area contributed by atoms with Gasteiger partial charge in [0.25, 0.3) is 5.91 Å². The van der Waals surface area contributed by atoms with E-state index in [-0.39, 0.29) is 12.5 Å². The first-order chi connectivity index (χ1) is 11.7. The van der Waals surface area contributed by atoms with Crippen molar-refractivity contribution in [3.8, 4) is 5.75 Å². The molecule has 0 saturated carbocycles. The molecule has 24 heavy (non-hydrogen) atoms. The Morgan fingerprint density at radius 2 is 2.04 bits per heavy atom. The monoisotopic (exact) mass is 340 g/mol. The van der Waals surface area contributed by atoms with Crippen LogP contribution in [0.5, 0.6) is 5.75 Å². The van der Waals surface area contributed by atoms with E-state index in [4.69, 9.17) is 21.9 Å². The number of carbonyl (C=O) groups excluding carboxylic acids is 1. The van der Waals surface area contributed by atoms with E-state index >= 15 is 0 Å². The van der Waals surface area contributed by atoms with Gasteiger partial charge >= 0.3 is 0 Å². The number of halogens is 1. The van der Waals surface area contributed by atoms with Crippen LogP contribution in [0.3, 0.4) is 0 Å². The molecule has 0 radical (unpaired) electrons. The summed E-state index contributed by atoms with van der Waals surface area (Å²) in [7, 11) is 0. The van der Waals surface area contributed by atoms with Gasteiger partial charge in [-0.3, -0.25) is 9.69 Å². The highest BCUT2D eigenvalue weighted by Gasteiger charge is 2.30. The standard InChI is InChI=1S/C17H13ClN4O2/c18-13-8-5-12(6-9-13)7-10-17(23)22-14-3-1-2-4-15(14)24-11-16(22)20-21-19/h1-10,16H,11H2/b10-7+. The minimum absolute atomic E-state index is 0.113. The van der Waals surface area contributed by atoms with Gasteiger partial charge < -0.3 is 4.74 Å². The Bertz CT molecular complexity index is 829. The number of ether oxygens (including phenoxy) is 1. The van der Waals surface area contributed by atoms with Gasteiger partial charge in [-0.25, -0.2) is 0 Å². The fourth-order valence-electron chi connectivity index (χ4n) is 2.41. The summed E-state index contributed by atoms with van der Waals surface area (Å²) in [5, 5.41) is 4.29. The number of rotatable bonds is 3. The van der Waals surface area contributed by atoms with Gasteiger partial charge in [-0.15, -0.1) is 0 Å². The Labute approximate surface area is 143 Å². The van der Waals surface area contributed by atoms with Crippen LogP contribution >= 0.6 is 11.6 Å². The summed E-state index contributed by atoms with van der Waals surface area (Å²) in [4.78, 5) is 16.9. The van der Waals surface area contributed by atoms with E-state index in [1.54, 1.807) is 36.4 Å². The zero-order chi connectivity index (χ0) is 16.9. The Balaban J connectivity index is 1.90. The van der Waals surface area contributed by atoms with Crippen LogP contribution in [0.25, 0.3) is 16.5 Å². The van der Waals surface area contributed by atoms with Crippen molar-refractivity contribution in [3.05, 3.63) is 75.6 Å². The van der Waals surface area contributed by atoms with Gasteiger partial charge in [0.05, 0.1) is 5.69 Å². The quantitative estimate of drug-likeness (QED) is 0.359. The number of fused-ring (bicyclic) bond motifs is 1. The van der Waals surface area contributed by atoms with Crippen LogP contribution in [-0.2, 0) is 4.79 Å². The third-order valence-electron chi connectivity index (χ3n) is 3.52. The van der Waals surface area contributed by atoms with Gasteiger partial charge in [0.2, 0.25) is 0 Å². The number of azide groups is 1. The van der Waals surface area contributed by atoms with E-state index < -0.39 is 6.17 Å². The molecule has 0 saturated heterocycles. The van der Waals surface area contributed by atoms with Gasteiger partial charge in [0, 0.05) is 16.0 Å². The molecule has 0 bridgehead atoms. The predicted octanol–water partition coefficient (Wildman–Crippen LogP) is 4.42. The molecule has 0 spiro atoms. The zero-order valence-corrected chi connectivity index (χ0v) is 13.3. The number of hydrogen-bond acceptors (Lipinski definition) is 3. The lowest BCUT2D eigenvalue weighted by atomic mass is 10.2. The molecule has 1 unspecified atom stereocenters. The van der Waals surface area contributed by atoms with E-state index in [1.807, 2.05) is 18.2 Å². The average Bonchev–Trinajstić information content (AvgIpc) is 2.61. The molecule has 7 heteroatoms. The third-order valence-corrected chi connectivity index (χ3v) is 3.77. The summed E-state index contributed by atoms with van der Waals surface area (Å²) < 4.78 is 5.55. The van der Waals surface area contributed by atoms with Crippen LogP contribution in [-0.4, -0.2) is 18.7 Å². The van der Waals surface area contributed by atoms with Crippen LogP contribution in [0.1, 0.15) is 5.56 Å². The van der Waals surface area contributed by atoms with Crippen LogP contribution in [0.2, 0.25) is 5.02 Å². The summed E-state index contributed by atoms with van der Waals surface area (Å²) in [6.45, 7) is 0.113. The second-order valence-corrected chi connectivity index (χ2v) is 5.49. The highest BCUT2D eigenvalue weighted by Crippen LogP contribution is 2.34. The Kier molecular flexibility index (Phi) is 4.70. The smallest absolute Gasteiger partial charge is 0.251 e. The lowest BCUT2D eigenvalue weighted by Crippen LogP contribution is -2.44. The summed E-state index contributed by atoms with van der Waals surface area (Å²) in [6.07, 6.45) is 2.39. The van der Waals surface area contributed by atoms with Crippen LogP contribution in [0.15, 0.2) is 59.7 Å². The first-order valence-corrected chi connectivity index (χ1v) is 7.60. The Morgan fingerprint density at radius 3 is 2.79 bits per heavy atom. The van der Waals surface area contributed by atoms with E-state index in [9.17, 15) is 4.79 Å². The number of para-hydroxylation sites is 2. The van der Waals surface area contributed by atoms with Gasteiger partial charge in [-0.05, 0) is 41.4 Å². The van der Waals surface area contributed by atoms with E-state index in [2.05, 4.69) is 10.0 Å². The molecule has 0 fully saturated rings. The maximum atomic E-state index is 12.7. The van der Waals surface area contributed by atoms with Crippen molar-refractivity contribution in [2.75, 3.05) is 11.5 Å². The highest BCUT2D eigenvalue weighted by molar-refractivity contribution is 6.30. The fourth-order valence-corrected chi connectivity index (χ4v) is 2.54. The maximum absolute atomic E-state index is 12.7. The number of anilines is 1. The minimum Gasteiger partial charge on any atom is -0.489 e. The van der Waals surface area contributed by atoms with Gasteiger partial charge in [0.1, 0.15) is 18.5 Å². The molecule has 0 aliphatic carbocycles. The molecule has 1 amide bonds. The van der Waals surface area contributed by atoms with Crippen molar-refractivity contribution < 1.29 is 9.53 Å². The highest BCUT2D eigenvalue weighted by atomic mass is 35.5. The number of amides is 1. The zero-order valence-electron chi connectivity index (χ0n) is 12.5. The van der Waals surface area contributed by atoms with Gasteiger partial charge in [-0.1, -0.05) is 41.0 Å². The van der Waals surface area contributed by atoms with Crippen LogP contribution in [0, 0.1) is 0 Å². The molecule has 0 N–H and O–H groups in total. The Morgan fingerprint density at radius 1 is 1.29 bits per heavy atom. The number of carbonyl (C=O) groups is 1. The second kappa shape index (κ2) is 7.08. The lowest BCUT2D eigenvalue weighted by molar-refractivity contribution is -0.114. The predicted molar refractivity (Wildman–Crippen MR) is 92.8 cm³/mol. The molecule has 0 aromatic heterocycles. The first-order valence-electron chi connectivity index (χ1n) is 7.22. The molecule has 120 valence electrons. The van der Waals surface area contributed by atoms with Crippen LogP contribution < -0.4 is 9.64 Å².